The maximum Gasteiger partial charge on any atom is 0.433 e. The summed E-state index contributed by atoms with van der Waals surface area (Å²) in [6.07, 6.45) is -3.71. The number of carbonyl (C=O) groups excluding carboxylic acids is 1. The Morgan fingerprint density at radius 1 is 1.25 bits per heavy atom. The number of nitrogens with one attached hydrogen (secondary N) is 1. The number of H-pyrrole nitrogens is 1. The van der Waals surface area contributed by atoms with Gasteiger partial charge in [0.25, 0.3) is 0 Å². The van der Waals surface area contributed by atoms with Crippen molar-refractivity contribution in [3.63, 3.8) is 0 Å². The van der Waals surface area contributed by atoms with Crippen LogP contribution in [-0.4, -0.2) is 25.8 Å². The van der Waals surface area contributed by atoms with Crippen LogP contribution in [0.25, 0.3) is 11.0 Å². The molecule has 2 heterocycles. The second kappa shape index (κ2) is 5.59. The van der Waals surface area contributed by atoms with Gasteiger partial charge in [-0.2, -0.15) is 13.2 Å². The lowest BCUT2D eigenvalue weighted by Crippen LogP contribution is -2.26. The van der Waals surface area contributed by atoms with Crippen molar-refractivity contribution >= 4 is 16.9 Å². The number of hydrogen-bond acceptors (Lipinski definition) is 4. The number of aryl methyl sites for hydroxylation is 1. The van der Waals surface area contributed by atoms with Gasteiger partial charge in [0, 0.05) is 6.20 Å². The summed E-state index contributed by atoms with van der Waals surface area (Å²) in [4.78, 5) is 26.1. The average molecular weight is 335 g/mol. The highest BCUT2D eigenvalue weighted by atomic mass is 19.4. The van der Waals surface area contributed by atoms with Crippen LogP contribution >= 0.6 is 0 Å². The molecule has 0 saturated carbocycles. The molecule has 3 rings (SSSR count). The van der Waals surface area contributed by atoms with Gasteiger partial charge in [0.1, 0.15) is 17.3 Å². The Hall–Kier alpha value is -2.97. The Bertz CT molecular complexity index is 919. The fourth-order valence-corrected chi connectivity index (χ4v) is 2.33. The molecule has 6 nitrogen and oxygen atoms in total. The molecule has 124 valence electrons. The van der Waals surface area contributed by atoms with Crippen LogP contribution in [0.15, 0.2) is 30.5 Å². The molecule has 1 aromatic carbocycles. The summed E-state index contributed by atoms with van der Waals surface area (Å²) >= 11 is 0. The zero-order valence-corrected chi connectivity index (χ0v) is 12.4. The number of hydrogen-bond donors (Lipinski definition) is 2. The van der Waals surface area contributed by atoms with Crippen molar-refractivity contribution in [3.05, 3.63) is 53.4 Å². The molecule has 0 saturated heterocycles. The summed E-state index contributed by atoms with van der Waals surface area (Å²) in [5, 5.41) is 0. The number of nitrogens with zero attached hydrogens (tertiary/aromatic N) is 3. The average Bonchev–Trinajstić information content (AvgIpc) is 2.88. The van der Waals surface area contributed by atoms with E-state index in [1.54, 1.807) is 12.1 Å². The van der Waals surface area contributed by atoms with Crippen LogP contribution < -0.4 is 5.73 Å². The predicted molar refractivity (Wildman–Crippen MR) is 78.9 cm³/mol. The van der Waals surface area contributed by atoms with E-state index in [-0.39, 0.29) is 11.6 Å². The maximum atomic E-state index is 12.8. The largest absolute Gasteiger partial charge is 0.433 e. The van der Waals surface area contributed by atoms with Gasteiger partial charge in [0.15, 0.2) is 5.92 Å². The zero-order chi connectivity index (χ0) is 17.5. The topological polar surface area (TPSA) is 97.6 Å². The quantitative estimate of drug-likeness (QED) is 0.767. The van der Waals surface area contributed by atoms with Crippen molar-refractivity contribution in [2.45, 2.75) is 19.0 Å². The maximum absolute atomic E-state index is 12.8. The van der Waals surface area contributed by atoms with E-state index in [0.29, 0.717) is 11.0 Å². The number of aromatic nitrogens is 4. The first kappa shape index (κ1) is 15.9. The molecule has 0 spiro atoms. The monoisotopic (exact) mass is 335 g/mol. The third kappa shape index (κ3) is 2.92. The summed E-state index contributed by atoms with van der Waals surface area (Å²) in [5.74, 6) is -2.46. The minimum atomic E-state index is -4.65. The number of alkyl halides is 3. The normalized spacial score (nSPS) is 13.2. The molecule has 0 aliphatic rings. The summed E-state index contributed by atoms with van der Waals surface area (Å²) in [6.45, 7) is 1.88. The summed E-state index contributed by atoms with van der Waals surface area (Å²) in [6, 6.07) is 6.09. The number of amides is 1. The Morgan fingerprint density at radius 2 is 2.00 bits per heavy atom. The van der Waals surface area contributed by atoms with Gasteiger partial charge >= 0.3 is 6.18 Å². The zero-order valence-electron chi connectivity index (χ0n) is 12.4. The van der Waals surface area contributed by atoms with Gasteiger partial charge in [-0.15, -0.1) is 0 Å². The van der Waals surface area contributed by atoms with E-state index < -0.39 is 23.7 Å². The van der Waals surface area contributed by atoms with Crippen molar-refractivity contribution in [1.29, 1.82) is 0 Å². The molecule has 24 heavy (non-hydrogen) atoms. The molecule has 0 aliphatic carbocycles. The fraction of sp³-hybridized carbons (Fsp3) is 0.200. The van der Waals surface area contributed by atoms with Crippen LogP contribution in [0.4, 0.5) is 13.2 Å². The Balaban J connectivity index is 2.11. The molecule has 3 aromatic rings. The van der Waals surface area contributed by atoms with Crippen LogP contribution in [-0.2, 0) is 11.0 Å². The highest BCUT2D eigenvalue weighted by molar-refractivity contribution is 5.85. The minimum absolute atomic E-state index is 0.0995. The first-order chi connectivity index (χ1) is 11.3. The molecule has 0 radical (unpaired) electrons. The SMILES string of the molecule is Cc1ccc2nc(C(C(N)=O)c3nccc(C(F)(F)F)n3)[nH]c2c1. The number of aromatic amines is 1. The van der Waals surface area contributed by atoms with Crippen LogP contribution in [0.2, 0.25) is 0 Å². The highest BCUT2D eigenvalue weighted by Crippen LogP contribution is 2.29. The van der Waals surface area contributed by atoms with Crippen molar-refractivity contribution in [3.8, 4) is 0 Å². The third-order valence-electron chi connectivity index (χ3n) is 3.44. The van der Waals surface area contributed by atoms with E-state index in [0.717, 1.165) is 17.8 Å². The molecule has 9 heteroatoms. The summed E-state index contributed by atoms with van der Waals surface area (Å²) < 4.78 is 38.5. The molecule has 0 aliphatic heterocycles. The van der Waals surface area contributed by atoms with Crippen molar-refractivity contribution in [2.24, 2.45) is 5.73 Å². The van der Waals surface area contributed by atoms with E-state index in [9.17, 15) is 18.0 Å². The van der Waals surface area contributed by atoms with E-state index in [4.69, 9.17) is 5.73 Å². The summed E-state index contributed by atoms with van der Waals surface area (Å²) in [5.41, 5.74) is 6.37. The van der Waals surface area contributed by atoms with Crippen LogP contribution in [0.1, 0.15) is 28.8 Å². The van der Waals surface area contributed by atoms with E-state index >= 15 is 0 Å². The van der Waals surface area contributed by atoms with Gasteiger partial charge in [-0.1, -0.05) is 6.07 Å². The number of carbonyl (C=O) groups is 1. The molecular weight excluding hydrogens is 323 g/mol. The first-order valence-corrected chi connectivity index (χ1v) is 6.91. The van der Waals surface area contributed by atoms with Gasteiger partial charge in [-0.25, -0.2) is 15.0 Å². The van der Waals surface area contributed by atoms with E-state index in [1.807, 2.05) is 13.0 Å². The standard InChI is InChI=1S/C15H12F3N5O/c1-7-2-3-8-9(6-7)22-14(21-8)11(12(19)24)13-20-5-4-10(23-13)15(16,17)18/h2-6,11H,1H3,(H2,19,24)(H,21,22). The van der Waals surface area contributed by atoms with Gasteiger partial charge < -0.3 is 10.7 Å². The van der Waals surface area contributed by atoms with Crippen LogP contribution in [0, 0.1) is 6.92 Å². The third-order valence-corrected chi connectivity index (χ3v) is 3.44. The lowest BCUT2D eigenvalue weighted by atomic mass is 10.1. The lowest BCUT2D eigenvalue weighted by molar-refractivity contribution is -0.141. The van der Waals surface area contributed by atoms with E-state index in [2.05, 4.69) is 19.9 Å². The van der Waals surface area contributed by atoms with Gasteiger partial charge in [-0.05, 0) is 30.7 Å². The molecular formula is C15H12F3N5O. The number of halogens is 3. The number of rotatable bonds is 3. The first-order valence-electron chi connectivity index (χ1n) is 6.91. The molecule has 1 amide bonds. The number of primary amides is 1. The molecule has 1 atom stereocenters. The van der Waals surface area contributed by atoms with Gasteiger partial charge in [-0.3, -0.25) is 4.79 Å². The lowest BCUT2D eigenvalue weighted by Gasteiger charge is -2.11. The Morgan fingerprint density at radius 3 is 2.67 bits per heavy atom. The molecule has 0 fully saturated rings. The fourth-order valence-electron chi connectivity index (χ4n) is 2.33. The number of benzene rings is 1. The molecule has 3 N–H and O–H groups in total. The second-order valence-electron chi connectivity index (χ2n) is 5.28. The summed E-state index contributed by atoms with van der Waals surface area (Å²) in [7, 11) is 0. The molecule has 0 bridgehead atoms. The molecule has 1 unspecified atom stereocenters. The van der Waals surface area contributed by atoms with Crippen LogP contribution in [0.3, 0.4) is 0 Å². The number of fused-ring (bicyclic) bond motifs is 1. The molecule has 2 aromatic heterocycles. The Labute approximate surface area is 133 Å². The number of nitrogens with two attached hydrogens (primary N) is 1. The van der Waals surface area contributed by atoms with Gasteiger partial charge in [0.05, 0.1) is 11.0 Å². The van der Waals surface area contributed by atoms with Gasteiger partial charge in [0.2, 0.25) is 5.91 Å². The van der Waals surface area contributed by atoms with Crippen LogP contribution in [0.5, 0.6) is 0 Å². The number of imidazole rings is 1. The predicted octanol–water partition coefficient (Wildman–Crippen LogP) is 2.30. The smallest absolute Gasteiger partial charge is 0.369 e. The highest BCUT2D eigenvalue weighted by Gasteiger charge is 2.35. The Kier molecular flexibility index (Phi) is 3.70. The second-order valence-corrected chi connectivity index (χ2v) is 5.28. The van der Waals surface area contributed by atoms with Crippen molar-refractivity contribution < 1.29 is 18.0 Å². The van der Waals surface area contributed by atoms with E-state index in [1.165, 1.54) is 0 Å². The minimum Gasteiger partial charge on any atom is -0.369 e. The van der Waals surface area contributed by atoms with Crippen molar-refractivity contribution in [1.82, 2.24) is 19.9 Å². The van der Waals surface area contributed by atoms with Crippen molar-refractivity contribution in [2.75, 3.05) is 0 Å².